The van der Waals surface area contributed by atoms with Crippen molar-refractivity contribution in [1.82, 2.24) is 5.32 Å². The van der Waals surface area contributed by atoms with Crippen LogP contribution in [0.2, 0.25) is 0 Å². The Morgan fingerprint density at radius 1 is 0.750 bits per heavy atom. The van der Waals surface area contributed by atoms with E-state index in [4.69, 9.17) is 0 Å². The first-order chi connectivity index (χ1) is 11.8. The van der Waals surface area contributed by atoms with Crippen LogP contribution >= 0.6 is 0 Å². The summed E-state index contributed by atoms with van der Waals surface area (Å²) in [7, 11) is 0. The molecule has 0 fully saturated rings. The highest BCUT2D eigenvalue weighted by molar-refractivity contribution is 5.94. The van der Waals surface area contributed by atoms with Gasteiger partial charge in [-0.1, -0.05) is 72.5 Å². The van der Waals surface area contributed by atoms with Crippen molar-refractivity contribution in [3.8, 4) is 23.0 Å². The van der Waals surface area contributed by atoms with Gasteiger partial charge >= 0.3 is 0 Å². The van der Waals surface area contributed by atoms with E-state index in [-0.39, 0.29) is 5.91 Å². The van der Waals surface area contributed by atoms with Gasteiger partial charge in [0.25, 0.3) is 5.91 Å². The Morgan fingerprint density at radius 2 is 1.33 bits per heavy atom. The van der Waals surface area contributed by atoms with Gasteiger partial charge in [0.05, 0.1) is 6.54 Å². The number of hydrogen-bond acceptors (Lipinski definition) is 1. The van der Waals surface area contributed by atoms with E-state index in [0.717, 1.165) is 16.7 Å². The third-order valence-electron chi connectivity index (χ3n) is 3.60. The molecule has 2 heteroatoms. The summed E-state index contributed by atoms with van der Waals surface area (Å²) in [4.78, 5) is 12.1. The molecule has 0 aromatic heterocycles. The smallest absolute Gasteiger partial charge is 0.252 e. The maximum absolute atomic E-state index is 12.1. The topological polar surface area (TPSA) is 29.1 Å². The van der Waals surface area contributed by atoms with E-state index >= 15 is 0 Å². The summed E-state index contributed by atoms with van der Waals surface area (Å²) in [5, 5.41) is 2.82. The molecule has 0 unspecified atom stereocenters. The predicted molar refractivity (Wildman–Crippen MR) is 97.5 cm³/mol. The van der Waals surface area contributed by atoms with Gasteiger partial charge in [0.2, 0.25) is 0 Å². The normalized spacial score (nSPS) is 9.67. The highest BCUT2D eigenvalue weighted by Crippen LogP contribution is 2.19. The fraction of sp³-hybridized carbons (Fsp3) is 0.0455. The van der Waals surface area contributed by atoms with E-state index in [1.54, 1.807) is 0 Å². The molecule has 3 aromatic rings. The van der Waals surface area contributed by atoms with Gasteiger partial charge in [-0.25, -0.2) is 0 Å². The number of amides is 1. The molecule has 0 heterocycles. The number of carbonyl (C=O) groups excluding carboxylic acids is 1. The van der Waals surface area contributed by atoms with E-state index in [1.165, 1.54) is 0 Å². The van der Waals surface area contributed by atoms with Crippen molar-refractivity contribution in [2.45, 2.75) is 0 Å². The Labute approximate surface area is 142 Å². The molecule has 3 rings (SSSR count). The molecule has 3 aromatic carbocycles. The Hall–Kier alpha value is -3.31. The zero-order chi connectivity index (χ0) is 16.6. The van der Waals surface area contributed by atoms with Gasteiger partial charge < -0.3 is 5.32 Å². The second-order valence-electron chi connectivity index (χ2n) is 5.29. The molecular weight excluding hydrogens is 294 g/mol. The lowest BCUT2D eigenvalue weighted by atomic mass is 10.0. The van der Waals surface area contributed by atoms with E-state index < -0.39 is 0 Å². The predicted octanol–water partition coefficient (Wildman–Crippen LogP) is 4.14. The minimum absolute atomic E-state index is 0.114. The monoisotopic (exact) mass is 311 g/mol. The van der Waals surface area contributed by atoms with Gasteiger partial charge in [-0.3, -0.25) is 4.79 Å². The van der Waals surface area contributed by atoms with Crippen LogP contribution in [0.15, 0.2) is 84.9 Å². The van der Waals surface area contributed by atoms with Gasteiger partial charge in [0.1, 0.15) is 0 Å². The molecule has 2 nitrogen and oxygen atoms in total. The quantitative estimate of drug-likeness (QED) is 0.724. The maximum atomic E-state index is 12.1. The number of hydrogen-bond donors (Lipinski definition) is 1. The highest BCUT2D eigenvalue weighted by Gasteiger charge is 2.04. The summed E-state index contributed by atoms with van der Waals surface area (Å²) in [6, 6.07) is 27.4. The molecule has 0 aliphatic carbocycles. The average molecular weight is 311 g/mol. The number of rotatable bonds is 3. The zero-order valence-electron chi connectivity index (χ0n) is 13.2. The second-order valence-corrected chi connectivity index (χ2v) is 5.29. The van der Waals surface area contributed by atoms with Crippen molar-refractivity contribution in [1.29, 1.82) is 0 Å². The molecular formula is C22H17NO. The van der Waals surface area contributed by atoms with Crippen LogP contribution < -0.4 is 5.32 Å². The molecule has 1 N–H and O–H groups in total. The SMILES string of the molecule is O=C(NCC#Cc1ccccc1)c1ccc(-c2ccccc2)cc1. The summed E-state index contributed by atoms with van der Waals surface area (Å²) in [5.74, 6) is 5.86. The summed E-state index contributed by atoms with van der Waals surface area (Å²) in [5.41, 5.74) is 3.81. The van der Waals surface area contributed by atoms with Gasteiger partial charge in [0.15, 0.2) is 0 Å². The summed E-state index contributed by atoms with van der Waals surface area (Å²) < 4.78 is 0. The van der Waals surface area contributed by atoms with Crippen LogP contribution in [0.4, 0.5) is 0 Å². The average Bonchev–Trinajstić information content (AvgIpc) is 2.67. The third kappa shape index (κ3) is 4.12. The van der Waals surface area contributed by atoms with Crippen LogP contribution in [-0.2, 0) is 0 Å². The van der Waals surface area contributed by atoms with Crippen LogP contribution in [-0.4, -0.2) is 12.5 Å². The molecule has 0 aliphatic rings. The maximum Gasteiger partial charge on any atom is 0.252 e. The largest absolute Gasteiger partial charge is 0.341 e. The van der Waals surface area contributed by atoms with Crippen molar-refractivity contribution in [2.24, 2.45) is 0 Å². The first-order valence-corrected chi connectivity index (χ1v) is 7.80. The first kappa shape index (κ1) is 15.6. The summed E-state index contributed by atoms with van der Waals surface area (Å²) in [6.45, 7) is 0.328. The lowest BCUT2D eigenvalue weighted by Gasteiger charge is -2.04. The second kappa shape index (κ2) is 7.80. The Balaban J connectivity index is 1.59. The lowest BCUT2D eigenvalue weighted by Crippen LogP contribution is -2.23. The molecule has 24 heavy (non-hydrogen) atoms. The molecule has 0 aliphatic heterocycles. The molecule has 0 radical (unpaired) electrons. The van der Waals surface area contributed by atoms with Crippen LogP contribution in [0, 0.1) is 11.8 Å². The summed E-state index contributed by atoms with van der Waals surface area (Å²) in [6.07, 6.45) is 0. The molecule has 0 saturated carbocycles. The fourth-order valence-corrected chi connectivity index (χ4v) is 2.34. The molecule has 0 atom stereocenters. The Morgan fingerprint density at radius 3 is 2.00 bits per heavy atom. The van der Waals surface area contributed by atoms with Crippen molar-refractivity contribution in [3.63, 3.8) is 0 Å². The van der Waals surface area contributed by atoms with Gasteiger partial charge in [0, 0.05) is 11.1 Å². The van der Waals surface area contributed by atoms with Crippen LogP contribution in [0.5, 0.6) is 0 Å². The van der Waals surface area contributed by atoms with Gasteiger partial charge in [-0.15, -0.1) is 0 Å². The van der Waals surface area contributed by atoms with Crippen molar-refractivity contribution in [3.05, 3.63) is 96.1 Å². The molecule has 0 bridgehead atoms. The summed E-state index contributed by atoms with van der Waals surface area (Å²) >= 11 is 0. The van der Waals surface area contributed by atoms with E-state index in [9.17, 15) is 4.79 Å². The molecule has 0 saturated heterocycles. The number of carbonyl (C=O) groups is 1. The Kier molecular flexibility index (Phi) is 5.07. The molecule has 1 amide bonds. The van der Waals surface area contributed by atoms with Crippen LogP contribution in [0.3, 0.4) is 0 Å². The van der Waals surface area contributed by atoms with Crippen LogP contribution in [0.25, 0.3) is 11.1 Å². The number of nitrogens with one attached hydrogen (secondary N) is 1. The molecule has 0 spiro atoms. The van der Waals surface area contributed by atoms with Gasteiger partial charge in [-0.05, 0) is 35.4 Å². The van der Waals surface area contributed by atoms with Gasteiger partial charge in [-0.2, -0.15) is 0 Å². The Bertz CT molecular complexity index is 857. The lowest BCUT2D eigenvalue weighted by molar-refractivity contribution is 0.0958. The van der Waals surface area contributed by atoms with Crippen molar-refractivity contribution < 1.29 is 4.79 Å². The molecule has 116 valence electrons. The highest BCUT2D eigenvalue weighted by atomic mass is 16.1. The minimum atomic E-state index is -0.114. The van der Waals surface area contributed by atoms with E-state index in [2.05, 4.69) is 17.2 Å². The van der Waals surface area contributed by atoms with Crippen molar-refractivity contribution >= 4 is 5.91 Å². The van der Waals surface area contributed by atoms with Crippen molar-refractivity contribution in [2.75, 3.05) is 6.54 Å². The van der Waals surface area contributed by atoms with E-state index in [1.807, 2.05) is 84.9 Å². The van der Waals surface area contributed by atoms with E-state index in [0.29, 0.717) is 12.1 Å². The zero-order valence-corrected chi connectivity index (χ0v) is 13.2. The minimum Gasteiger partial charge on any atom is -0.341 e. The van der Waals surface area contributed by atoms with Crippen LogP contribution in [0.1, 0.15) is 15.9 Å². The number of benzene rings is 3. The standard InChI is InChI=1S/C22H17NO/c24-22(23-17-7-10-18-8-3-1-4-9-18)21-15-13-20(14-16-21)19-11-5-2-6-12-19/h1-6,8-9,11-16H,17H2,(H,23,24). The third-order valence-corrected chi connectivity index (χ3v) is 3.60. The fourth-order valence-electron chi connectivity index (χ4n) is 2.34. The first-order valence-electron chi connectivity index (χ1n) is 7.80.